The molecule has 0 saturated carbocycles. The molecule has 1 saturated heterocycles. The normalized spacial score (nSPS) is 21.0. The van der Waals surface area contributed by atoms with E-state index in [9.17, 15) is 36.6 Å². The van der Waals surface area contributed by atoms with Crippen molar-refractivity contribution in [1.29, 1.82) is 0 Å². The van der Waals surface area contributed by atoms with Crippen LogP contribution < -0.4 is 10.6 Å². The van der Waals surface area contributed by atoms with Gasteiger partial charge in [0.2, 0.25) is 21.7 Å². The van der Waals surface area contributed by atoms with Crippen molar-refractivity contribution in [2.45, 2.75) is 77.4 Å². The third kappa shape index (κ3) is 7.03. The maximum atomic E-state index is 14.4. The van der Waals surface area contributed by atoms with Gasteiger partial charge in [-0.25, -0.2) is 8.42 Å². The summed E-state index contributed by atoms with van der Waals surface area (Å²) in [5, 5.41) is 33.2. The highest BCUT2D eigenvalue weighted by Crippen LogP contribution is 2.44. The number of aliphatic carboxylic acids is 1. The Morgan fingerprint density at radius 1 is 1.17 bits per heavy atom. The van der Waals surface area contributed by atoms with Crippen molar-refractivity contribution in [3.05, 3.63) is 87.0 Å². The number of sulfonamides is 1. The molecule has 5 heterocycles. The molecule has 2 aromatic heterocycles. The first-order valence-corrected chi connectivity index (χ1v) is 18.5. The summed E-state index contributed by atoms with van der Waals surface area (Å²) in [6.45, 7) is 7.74. The number of carbonyl (C=O) groups is 1. The zero-order chi connectivity index (χ0) is 37.6. The molecular formula is C35H43F3N6O7S. The van der Waals surface area contributed by atoms with Gasteiger partial charge in [-0.15, -0.1) is 10.2 Å². The van der Waals surface area contributed by atoms with Gasteiger partial charge in [0.05, 0.1) is 31.3 Å². The van der Waals surface area contributed by atoms with Gasteiger partial charge in [-0.3, -0.25) is 14.5 Å². The predicted molar refractivity (Wildman–Crippen MR) is 183 cm³/mol. The van der Waals surface area contributed by atoms with Gasteiger partial charge in [0.15, 0.2) is 5.65 Å². The van der Waals surface area contributed by atoms with E-state index in [1.165, 1.54) is 22.6 Å². The lowest BCUT2D eigenvalue weighted by Crippen LogP contribution is -2.49. The summed E-state index contributed by atoms with van der Waals surface area (Å²) in [5.41, 5.74) is 0.295. The Morgan fingerprint density at radius 3 is 2.58 bits per heavy atom. The molecule has 1 aromatic carbocycles. The number of alkyl halides is 3. The van der Waals surface area contributed by atoms with E-state index in [1.807, 2.05) is 6.92 Å². The molecule has 1 spiro atoms. The van der Waals surface area contributed by atoms with Crippen molar-refractivity contribution in [3.8, 4) is 0 Å². The number of fused-ring (bicyclic) bond motifs is 1. The van der Waals surface area contributed by atoms with Crippen molar-refractivity contribution < 1.29 is 46.1 Å². The second-order valence-electron chi connectivity index (χ2n) is 14.1. The van der Waals surface area contributed by atoms with Gasteiger partial charge in [0, 0.05) is 38.1 Å². The Balaban J connectivity index is 1.41. The number of aliphatic hydroxyl groups is 1. The summed E-state index contributed by atoms with van der Waals surface area (Å²) in [7, 11) is -4.14. The fourth-order valence-electron chi connectivity index (χ4n) is 7.14. The van der Waals surface area contributed by atoms with Gasteiger partial charge in [0.25, 0.3) is 0 Å². The first kappa shape index (κ1) is 37.7. The van der Waals surface area contributed by atoms with E-state index in [4.69, 9.17) is 9.47 Å². The van der Waals surface area contributed by atoms with E-state index in [0.29, 0.717) is 61.3 Å². The maximum Gasteiger partial charge on any atom is 0.452 e. The van der Waals surface area contributed by atoms with Gasteiger partial charge >= 0.3 is 12.1 Å². The molecular weight excluding hydrogens is 705 g/mol. The number of allylic oxidation sites excluding steroid dienone is 1. The Labute approximate surface area is 299 Å². The minimum absolute atomic E-state index is 0.00899. The Morgan fingerprint density at radius 2 is 1.90 bits per heavy atom. The van der Waals surface area contributed by atoms with Crippen LogP contribution in [-0.2, 0) is 37.0 Å². The van der Waals surface area contributed by atoms with Crippen LogP contribution in [0.2, 0.25) is 0 Å². The Kier molecular flexibility index (Phi) is 10.2. The second-order valence-corrected chi connectivity index (χ2v) is 16.0. The van der Waals surface area contributed by atoms with Gasteiger partial charge in [-0.2, -0.15) is 17.5 Å². The van der Waals surface area contributed by atoms with Gasteiger partial charge in [-0.05, 0) is 86.7 Å². The number of aliphatic hydroxyl groups excluding tert-OH is 1. The zero-order valence-corrected chi connectivity index (χ0v) is 30.1. The molecule has 2 atom stereocenters. The van der Waals surface area contributed by atoms with Crippen molar-refractivity contribution in [1.82, 2.24) is 29.5 Å². The molecule has 0 amide bonds. The average molecular weight is 749 g/mol. The number of pyridine rings is 1. The standard InChI is InChI=1S/C35H43F3N6O7S/c1-21-6-7-23(28(33(3,4)32(46)47)25-10-14-44-29(22(25)2)41-42-31(44)35(36,37)38)18-24(21)19-43-20-34(11-16-50-17-12-34)51-30-26(52(43,48)49)8-9-27(40-30)39-13-5-15-45/h6-10,14,18,27-28,39-40,45H,5,11-13,15-17,19-20H2,1-4H3,(H,46,47)/t27?,28-/m1/s1. The third-order valence-corrected chi connectivity index (χ3v) is 12.0. The Bertz CT molecular complexity index is 2020. The summed E-state index contributed by atoms with van der Waals surface area (Å²) in [6.07, 6.45) is 0.637. The molecule has 1 unspecified atom stereocenters. The monoisotopic (exact) mass is 748 g/mol. The van der Waals surface area contributed by atoms with E-state index < -0.39 is 51.1 Å². The van der Waals surface area contributed by atoms with Gasteiger partial charge < -0.3 is 25.0 Å². The molecule has 6 rings (SSSR count). The van der Waals surface area contributed by atoms with Crippen molar-refractivity contribution in [2.75, 3.05) is 32.9 Å². The molecule has 0 radical (unpaired) electrons. The fraction of sp³-hybridized carbons (Fsp3) is 0.514. The average Bonchev–Trinajstić information content (AvgIpc) is 3.50. The van der Waals surface area contributed by atoms with Crippen molar-refractivity contribution in [3.63, 3.8) is 0 Å². The van der Waals surface area contributed by atoms with Crippen LogP contribution in [0.25, 0.3) is 5.65 Å². The van der Waals surface area contributed by atoms with Gasteiger partial charge in [0.1, 0.15) is 10.5 Å². The first-order chi connectivity index (χ1) is 24.5. The van der Waals surface area contributed by atoms with Crippen LogP contribution in [0.4, 0.5) is 13.2 Å². The fourth-order valence-corrected chi connectivity index (χ4v) is 8.72. The van der Waals surface area contributed by atoms with Crippen LogP contribution >= 0.6 is 0 Å². The number of dihydropyridines is 1. The summed E-state index contributed by atoms with van der Waals surface area (Å²) in [4.78, 5) is 12.8. The van der Waals surface area contributed by atoms with Gasteiger partial charge in [-0.1, -0.05) is 18.2 Å². The molecule has 17 heteroatoms. The molecule has 4 N–H and O–H groups in total. The van der Waals surface area contributed by atoms with E-state index >= 15 is 0 Å². The highest BCUT2D eigenvalue weighted by atomic mass is 32.2. The molecule has 282 valence electrons. The molecule has 13 nitrogen and oxygen atoms in total. The number of nitrogens with one attached hydrogen (secondary N) is 2. The summed E-state index contributed by atoms with van der Waals surface area (Å²) in [6, 6.07) is 6.80. The SMILES string of the molecule is Cc1ccc([C@H](c2ccn3c(C(F)(F)F)nnc3c2C)C(C)(C)C(=O)O)cc1CN1CC2(CCOCC2)OC2=C(C=CC(NCCCO)N2)S1(=O)=O. The van der Waals surface area contributed by atoms with E-state index in [0.717, 1.165) is 9.96 Å². The van der Waals surface area contributed by atoms with E-state index in [2.05, 4.69) is 20.8 Å². The van der Waals surface area contributed by atoms with Crippen LogP contribution in [0.1, 0.15) is 72.7 Å². The number of aryl methyl sites for hydroxylation is 2. The summed E-state index contributed by atoms with van der Waals surface area (Å²) >= 11 is 0. The van der Waals surface area contributed by atoms with Crippen molar-refractivity contribution in [2.24, 2.45) is 5.41 Å². The second kappa shape index (κ2) is 14.1. The van der Waals surface area contributed by atoms with Crippen LogP contribution in [0.3, 0.4) is 0 Å². The third-order valence-electron chi connectivity index (χ3n) is 10.2. The largest absolute Gasteiger partial charge is 0.481 e. The smallest absolute Gasteiger partial charge is 0.452 e. The van der Waals surface area contributed by atoms with E-state index in [1.54, 1.807) is 45.0 Å². The molecule has 1 fully saturated rings. The minimum atomic E-state index is -4.75. The molecule has 3 aliphatic rings. The van der Waals surface area contributed by atoms with Crippen molar-refractivity contribution >= 4 is 21.6 Å². The quantitative estimate of drug-likeness (QED) is 0.222. The number of halogens is 3. The lowest BCUT2D eigenvalue weighted by Gasteiger charge is -2.39. The molecule has 3 aliphatic heterocycles. The van der Waals surface area contributed by atoms with Crippen LogP contribution in [0.5, 0.6) is 0 Å². The number of hydrogen-bond acceptors (Lipinski definition) is 10. The lowest BCUT2D eigenvalue weighted by molar-refractivity contribution is -0.147. The molecule has 0 aliphatic carbocycles. The lowest BCUT2D eigenvalue weighted by atomic mass is 9.70. The topological polar surface area (TPSA) is 168 Å². The van der Waals surface area contributed by atoms with Crippen LogP contribution in [0.15, 0.2) is 53.4 Å². The summed E-state index contributed by atoms with van der Waals surface area (Å²) in [5.74, 6) is -3.06. The molecule has 0 bridgehead atoms. The zero-order valence-electron chi connectivity index (χ0n) is 29.3. The van der Waals surface area contributed by atoms with Crippen LogP contribution in [0, 0.1) is 19.3 Å². The molecule has 52 heavy (non-hydrogen) atoms. The predicted octanol–water partition coefficient (Wildman–Crippen LogP) is 3.95. The number of carboxylic acid groups (broad SMARTS) is 1. The number of carboxylic acids is 1. The highest BCUT2D eigenvalue weighted by Gasteiger charge is 2.47. The number of nitrogens with zero attached hydrogens (tertiary/aromatic N) is 4. The van der Waals surface area contributed by atoms with E-state index in [-0.39, 0.29) is 36.1 Å². The maximum absolute atomic E-state index is 14.4. The number of hydrogen-bond donors (Lipinski definition) is 4. The number of aromatic nitrogens is 3. The first-order valence-electron chi connectivity index (χ1n) is 17.0. The number of benzene rings is 1. The molecule has 3 aromatic rings. The number of rotatable bonds is 10. The minimum Gasteiger partial charge on any atom is -0.481 e. The highest BCUT2D eigenvalue weighted by molar-refractivity contribution is 7.93. The Hall–Kier alpha value is -4.03. The summed E-state index contributed by atoms with van der Waals surface area (Å²) < 4.78 is 84.3. The van der Waals surface area contributed by atoms with Crippen LogP contribution in [-0.4, -0.2) is 88.2 Å². The number of ether oxygens (including phenoxy) is 2.